The summed E-state index contributed by atoms with van der Waals surface area (Å²) >= 11 is 0. The third-order valence-corrected chi connectivity index (χ3v) is 4.73. The summed E-state index contributed by atoms with van der Waals surface area (Å²) in [5, 5.41) is 19.7. The summed E-state index contributed by atoms with van der Waals surface area (Å²) in [6.45, 7) is 0. The van der Waals surface area contributed by atoms with Crippen LogP contribution < -0.4 is 9.47 Å². The van der Waals surface area contributed by atoms with Crippen molar-refractivity contribution < 1.29 is 23.9 Å². The first-order valence-corrected chi connectivity index (χ1v) is 6.96. The minimum absolute atomic E-state index is 0.0357. The lowest BCUT2D eigenvalue weighted by molar-refractivity contribution is 0.372. The Bertz CT molecular complexity index is 677. The Morgan fingerprint density at radius 2 is 1.25 bits per heavy atom. The summed E-state index contributed by atoms with van der Waals surface area (Å²) in [7, 11) is 1.47. The van der Waals surface area contributed by atoms with Crippen LogP contribution in [0.15, 0.2) is 34.1 Å². The molecule has 0 saturated carbocycles. The highest BCUT2D eigenvalue weighted by molar-refractivity contribution is 7.85. The molecule has 2 aromatic carbocycles. The normalized spacial score (nSPS) is 12.9. The summed E-state index contributed by atoms with van der Waals surface area (Å²) in [5.41, 5.74) is 1.24. The molecule has 2 N–H and O–H groups in total. The van der Waals surface area contributed by atoms with Crippen LogP contribution in [0.1, 0.15) is 0 Å². The average Bonchev–Trinajstić information content (AvgIpc) is 2.69. The molecule has 0 radical (unpaired) electrons. The Morgan fingerprint density at radius 1 is 0.850 bits per heavy atom. The molecule has 5 nitrogen and oxygen atoms in total. The molecule has 3 rings (SSSR count). The minimum atomic E-state index is -1.40. The number of benzene rings is 2. The van der Waals surface area contributed by atoms with E-state index in [4.69, 9.17) is 9.47 Å². The lowest BCUT2D eigenvalue weighted by atomic mass is 10.0. The van der Waals surface area contributed by atoms with E-state index in [0.717, 1.165) is 0 Å². The largest absolute Gasteiger partial charge is 0.504 e. The lowest BCUT2D eigenvalue weighted by Gasteiger charge is -2.07. The van der Waals surface area contributed by atoms with Crippen molar-refractivity contribution in [1.29, 1.82) is 0 Å². The second kappa shape index (κ2) is 4.42. The van der Waals surface area contributed by atoms with E-state index in [-0.39, 0.29) is 23.0 Å². The second-order valence-corrected chi connectivity index (χ2v) is 5.73. The fraction of sp³-hybridized carbons (Fsp3) is 0.143. The molecule has 0 saturated heterocycles. The van der Waals surface area contributed by atoms with E-state index in [0.29, 0.717) is 20.9 Å². The number of phenols is 2. The van der Waals surface area contributed by atoms with Gasteiger partial charge in [0.05, 0.1) is 34.8 Å². The standard InChI is InChI=1S/C14H12O5S/c1-18-11-5-13-7(3-9(11)15)8-4-10(16)12(19-2)6-14(8)20(13)17/h3-6,15-16H,1-2H3. The van der Waals surface area contributed by atoms with E-state index in [9.17, 15) is 14.4 Å². The monoisotopic (exact) mass is 292 g/mol. The van der Waals surface area contributed by atoms with Crippen LogP contribution in [0, 0.1) is 0 Å². The molecular formula is C14H12O5S. The van der Waals surface area contributed by atoms with Gasteiger partial charge in [-0.25, -0.2) is 4.21 Å². The zero-order valence-electron chi connectivity index (χ0n) is 10.8. The predicted octanol–water partition coefficient (Wildman–Crippen LogP) is 2.26. The van der Waals surface area contributed by atoms with Crippen molar-refractivity contribution in [2.75, 3.05) is 14.2 Å². The number of rotatable bonds is 2. The SMILES string of the molecule is COc1cc2c(cc1O)-c1cc(O)c(OC)cc1S2=O. The lowest BCUT2D eigenvalue weighted by Crippen LogP contribution is -1.90. The molecule has 20 heavy (non-hydrogen) atoms. The first kappa shape index (κ1) is 12.8. The first-order chi connectivity index (χ1) is 9.56. The first-order valence-electron chi connectivity index (χ1n) is 5.81. The Labute approximate surface area is 117 Å². The molecule has 104 valence electrons. The molecule has 2 aromatic rings. The topological polar surface area (TPSA) is 76.0 Å². The minimum Gasteiger partial charge on any atom is -0.504 e. The van der Waals surface area contributed by atoms with Crippen molar-refractivity contribution in [3.8, 4) is 34.1 Å². The second-order valence-electron chi connectivity index (χ2n) is 4.31. The third-order valence-electron chi connectivity index (χ3n) is 3.25. The zero-order valence-corrected chi connectivity index (χ0v) is 11.7. The number of methoxy groups -OCH3 is 2. The molecule has 0 fully saturated rings. The number of aromatic hydroxyl groups is 2. The summed E-state index contributed by atoms with van der Waals surface area (Å²) in [6.07, 6.45) is 0. The number of hydrogen-bond donors (Lipinski definition) is 2. The van der Waals surface area contributed by atoms with E-state index in [1.807, 2.05) is 0 Å². The quantitative estimate of drug-likeness (QED) is 0.757. The molecule has 0 unspecified atom stereocenters. The van der Waals surface area contributed by atoms with Gasteiger partial charge in [-0.3, -0.25) is 0 Å². The van der Waals surface area contributed by atoms with Gasteiger partial charge < -0.3 is 19.7 Å². The summed E-state index contributed by atoms with van der Waals surface area (Å²) in [5.74, 6) is 0.458. The van der Waals surface area contributed by atoms with Gasteiger partial charge in [0, 0.05) is 23.3 Å². The fourth-order valence-corrected chi connectivity index (χ4v) is 3.67. The van der Waals surface area contributed by atoms with E-state index in [2.05, 4.69) is 0 Å². The highest BCUT2D eigenvalue weighted by Gasteiger charge is 2.29. The van der Waals surface area contributed by atoms with Crippen molar-refractivity contribution >= 4 is 10.8 Å². The van der Waals surface area contributed by atoms with Gasteiger partial charge in [0.2, 0.25) is 0 Å². The van der Waals surface area contributed by atoms with Gasteiger partial charge in [0.25, 0.3) is 0 Å². The van der Waals surface area contributed by atoms with Crippen LogP contribution in [0.3, 0.4) is 0 Å². The van der Waals surface area contributed by atoms with Crippen molar-refractivity contribution in [3.63, 3.8) is 0 Å². The Morgan fingerprint density at radius 3 is 1.60 bits per heavy atom. The molecule has 1 aliphatic rings. The summed E-state index contributed by atoms with van der Waals surface area (Å²) in [6, 6.07) is 6.07. The molecule has 1 heterocycles. The van der Waals surface area contributed by atoms with E-state index in [1.165, 1.54) is 26.4 Å². The third kappa shape index (κ3) is 1.65. The smallest absolute Gasteiger partial charge is 0.161 e. The Balaban J connectivity index is 2.28. The molecule has 0 bridgehead atoms. The maximum Gasteiger partial charge on any atom is 0.161 e. The van der Waals surface area contributed by atoms with E-state index >= 15 is 0 Å². The van der Waals surface area contributed by atoms with Crippen molar-refractivity contribution in [2.45, 2.75) is 9.79 Å². The zero-order chi connectivity index (χ0) is 14.4. The van der Waals surface area contributed by atoms with Gasteiger partial charge in [0.15, 0.2) is 23.0 Å². The molecule has 0 spiro atoms. The Hall–Kier alpha value is -2.21. The number of hydrogen-bond acceptors (Lipinski definition) is 5. The summed E-state index contributed by atoms with van der Waals surface area (Å²) in [4.78, 5) is 1.09. The van der Waals surface area contributed by atoms with Crippen LogP contribution in [0.2, 0.25) is 0 Å². The van der Waals surface area contributed by atoms with Gasteiger partial charge in [-0.2, -0.15) is 0 Å². The number of ether oxygens (including phenoxy) is 2. The van der Waals surface area contributed by atoms with Gasteiger partial charge in [0.1, 0.15) is 0 Å². The van der Waals surface area contributed by atoms with Crippen molar-refractivity contribution in [2.24, 2.45) is 0 Å². The highest BCUT2D eigenvalue weighted by atomic mass is 32.2. The van der Waals surface area contributed by atoms with Crippen LogP contribution in [0.25, 0.3) is 11.1 Å². The Kier molecular flexibility index (Phi) is 2.83. The highest BCUT2D eigenvalue weighted by Crippen LogP contribution is 2.48. The number of fused-ring (bicyclic) bond motifs is 3. The van der Waals surface area contributed by atoms with Gasteiger partial charge in [-0.15, -0.1) is 0 Å². The predicted molar refractivity (Wildman–Crippen MR) is 73.0 cm³/mol. The van der Waals surface area contributed by atoms with E-state index < -0.39 is 10.8 Å². The van der Waals surface area contributed by atoms with Crippen LogP contribution in [-0.4, -0.2) is 28.6 Å². The average molecular weight is 292 g/mol. The molecule has 6 heteroatoms. The molecule has 1 aliphatic heterocycles. The van der Waals surface area contributed by atoms with Crippen molar-refractivity contribution in [3.05, 3.63) is 24.3 Å². The van der Waals surface area contributed by atoms with Crippen LogP contribution >= 0.6 is 0 Å². The van der Waals surface area contributed by atoms with Crippen LogP contribution in [0.5, 0.6) is 23.0 Å². The fourth-order valence-electron chi connectivity index (χ4n) is 2.27. The van der Waals surface area contributed by atoms with E-state index in [1.54, 1.807) is 12.1 Å². The molecule has 0 atom stereocenters. The maximum absolute atomic E-state index is 12.5. The van der Waals surface area contributed by atoms with Crippen LogP contribution in [0.4, 0.5) is 0 Å². The molecule has 0 amide bonds. The van der Waals surface area contributed by atoms with Gasteiger partial charge in [-0.1, -0.05) is 0 Å². The maximum atomic E-state index is 12.5. The number of phenolic OH excluding ortho intramolecular Hbond substituents is 2. The van der Waals surface area contributed by atoms with Gasteiger partial charge >= 0.3 is 0 Å². The summed E-state index contributed by atoms with van der Waals surface area (Å²) < 4.78 is 22.5. The molecular weight excluding hydrogens is 280 g/mol. The van der Waals surface area contributed by atoms with Gasteiger partial charge in [-0.05, 0) is 12.1 Å². The van der Waals surface area contributed by atoms with Crippen molar-refractivity contribution in [1.82, 2.24) is 0 Å². The molecule has 0 aromatic heterocycles. The molecule has 0 aliphatic carbocycles. The van der Waals surface area contributed by atoms with Crippen LogP contribution in [-0.2, 0) is 10.8 Å².